The fourth-order valence-corrected chi connectivity index (χ4v) is 2.48. The van der Waals surface area contributed by atoms with Gasteiger partial charge in [-0.3, -0.25) is 0 Å². The van der Waals surface area contributed by atoms with Gasteiger partial charge in [0, 0.05) is 6.04 Å². The molecule has 0 amide bonds. The van der Waals surface area contributed by atoms with E-state index in [1.807, 2.05) is 0 Å². The maximum absolute atomic E-state index is 9.93. The van der Waals surface area contributed by atoms with Crippen LogP contribution < -0.4 is 0 Å². The number of aliphatic hydroxyl groups excluding tert-OH is 1. The maximum Gasteiger partial charge on any atom is 0.0695 e. The molecule has 0 aromatic heterocycles. The van der Waals surface area contributed by atoms with Crippen LogP contribution in [0.5, 0.6) is 0 Å². The van der Waals surface area contributed by atoms with E-state index in [-0.39, 0.29) is 6.10 Å². The van der Waals surface area contributed by atoms with E-state index in [2.05, 4.69) is 32.7 Å². The second kappa shape index (κ2) is 5.13. The summed E-state index contributed by atoms with van der Waals surface area (Å²) in [6, 6.07) is 0.390. The molecule has 0 heterocycles. The van der Waals surface area contributed by atoms with Gasteiger partial charge in [0.1, 0.15) is 0 Å². The third kappa shape index (κ3) is 2.71. The molecule has 3 atom stereocenters. The molecule has 0 radical (unpaired) electrons. The van der Waals surface area contributed by atoms with Crippen molar-refractivity contribution in [3.8, 4) is 0 Å². The van der Waals surface area contributed by atoms with Crippen LogP contribution in [-0.4, -0.2) is 35.7 Å². The third-order valence-corrected chi connectivity index (χ3v) is 3.83. The first-order chi connectivity index (χ1) is 6.56. The Morgan fingerprint density at radius 2 is 2.00 bits per heavy atom. The highest BCUT2D eigenvalue weighted by Crippen LogP contribution is 2.32. The molecule has 84 valence electrons. The highest BCUT2D eigenvalue weighted by molar-refractivity contribution is 4.86. The number of likely N-dealkylation sites (N-methyl/N-ethyl adjacent to an activating group) is 1. The number of nitrogens with zero attached hydrogens (tertiary/aromatic N) is 1. The Hall–Kier alpha value is -0.0800. The largest absolute Gasteiger partial charge is 0.391 e. The normalized spacial score (nSPS) is 34.1. The maximum atomic E-state index is 9.93. The van der Waals surface area contributed by atoms with E-state index < -0.39 is 0 Å². The van der Waals surface area contributed by atoms with Crippen LogP contribution >= 0.6 is 0 Å². The number of hydrogen-bond donors (Lipinski definition) is 1. The highest BCUT2D eigenvalue weighted by Gasteiger charge is 2.32. The SMILES string of the molecule is CCN(C)C1CC(C(C)C)CCC1O. The third-order valence-electron chi connectivity index (χ3n) is 3.83. The molecular weight excluding hydrogens is 174 g/mol. The number of aliphatic hydroxyl groups is 1. The molecule has 2 nitrogen and oxygen atoms in total. The monoisotopic (exact) mass is 199 g/mol. The van der Waals surface area contributed by atoms with Gasteiger partial charge in [0.05, 0.1) is 6.10 Å². The summed E-state index contributed by atoms with van der Waals surface area (Å²) in [5.41, 5.74) is 0. The topological polar surface area (TPSA) is 23.5 Å². The summed E-state index contributed by atoms with van der Waals surface area (Å²) in [6.45, 7) is 7.79. The lowest BCUT2D eigenvalue weighted by atomic mass is 9.77. The Labute approximate surface area is 88.3 Å². The van der Waals surface area contributed by atoms with Crippen LogP contribution in [0, 0.1) is 11.8 Å². The van der Waals surface area contributed by atoms with Gasteiger partial charge in [0.15, 0.2) is 0 Å². The Balaban J connectivity index is 2.55. The summed E-state index contributed by atoms with van der Waals surface area (Å²) in [4.78, 5) is 2.29. The van der Waals surface area contributed by atoms with Crippen molar-refractivity contribution in [2.24, 2.45) is 11.8 Å². The quantitative estimate of drug-likeness (QED) is 0.752. The lowest BCUT2D eigenvalue weighted by molar-refractivity contribution is 0.00819. The van der Waals surface area contributed by atoms with Gasteiger partial charge in [-0.2, -0.15) is 0 Å². The van der Waals surface area contributed by atoms with Crippen molar-refractivity contribution in [1.82, 2.24) is 4.90 Å². The summed E-state index contributed by atoms with van der Waals surface area (Å²) in [5, 5.41) is 9.93. The van der Waals surface area contributed by atoms with Crippen LogP contribution in [0.15, 0.2) is 0 Å². The number of hydrogen-bond acceptors (Lipinski definition) is 2. The van der Waals surface area contributed by atoms with E-state index in [4.69, 9.17) is 0 Å². The minimum Gasteiger partial charge on any atom is -0.391 e. The fraction of sp³-hybridized carbons (Fsp3) is 1.00. The van der Waals surface area contributed by atoms with Crippen molar-refractivity contribution >= 4 is 0 Å². The van der Waals surface area contributed by atoms with Gasteiger partial charge in [0.25, 0.3) is 0 Å². The fourth-order valence-electron chi connectivity index (χ4n) is 2.48. The van der Waals surface area contributed by atoms with E-state index in [1.54, 1.807) is 0 Å². The summed E-state index contributed by atoms with van der Waals surface area (Å²) >= 11 is 0. The molecule has 1 fully saturated rings. The molecule has 0 aromatic carbocycles. The van der Waals surface area contributed by atoms with Gasteiger partial charge in [-0.15, -0.1) is 0 Å². The lowest BCUT2D eigenvalue weighted by Gasteiger charge is -2.39. The molecule has 1 saturated carbocycles. The predicted octanol–water partition coefficient (Wildman–Crippen LogP) is 2.12. The number of rotatable bonds is 3. The molecule has 0 aromatic rings. The zero-order valence-electron chi connectivity index (χ0n) is 10.0. The van der Waals surface area contributed by atoms with Crippen molar-refractivity contribution in [3.63, 3.8) is 0 Å². The lowest BCUT2D eigenvalue weighted by Crippen LogP contribution is -2.46. The Kier molecular flexibility index (Phi) is 4.39. The second-order valence-corrected chi connectivity index (χ2v) is 5.03. The van der Waals surface area contributed by atoms with Crippen LogP contribution in [-0.2, 0) is 0 Å². The predicted molar refractivity (Wildman–Crippen MR) is 60.3 cm³/mol. The smallest absolute Gasteiger partial charge is 0.0695 e. The molecule has 1 N–H and O–H groups in total. The molecule has 14 heavy (non-hydrogen) atoms. The minimum absolute atomic E-state index is 0.102. The first-order valence-electron chi connectivity index (χ1n) is 5.94. The average molecular weight is 199 g/mol. The molecule has 0 aliphatic heterocycles. The minimum atomic E-state index is -0.102. The standard InChI is InChI=1S/C12H25NO/c1-5-13(4)11-8-10(9(2)3)6-7-12(11)14/h9-12,14H,5-8H2,1-4H3. The van der Waals surface area contributed by atoms with Crippen molar-refractivity contribution < 1.29 is 5.11 Å². The second-order valence-electron chi connectivity index (χ2n) is 5.03. The van der Waals surface area contributed by atoms with Gasteiger partial charge in [0.2, 0.25) is 0 Å². The first-order valence-corrected chi connectivity index (χ1v) is 5.94. The Morgan fingerprint density at radius 1 is 1.36 bits per heavy atom. The van der Waals surface area contributed by atoms with Crippen molar-refractivity contribution in [2.45, 2.75) is 52.2 Å². The van der Waals surface area contributed by atoms with Crippen molar-refractivity contribution in [1.29, 1.82) is 0 Å². The molecule has 3 unspecified atom stereocenters. The van der Waals surface area contributed by atoms with E-state index in [1.165, 1.54) is 12.8 Å². The highest BCUT2D eigenvalue weighted by atomic mass is 16.3. The van der Waals surface area contributed by atoms with E-state index in [0.29, 0.717) is 6.04 Å². The van der Waals surface area contributed by atoms with Crippen LogP contribution in [0.3, 0.4) is 0 Å². The molecule has 1 aliphatic carbocycles. The summed E-state index contributed by atoms with van der Waals surface area (Å²) < 4.78 is 0. The molecule has 0 saturated heterocycles. The van der Waals surface area contributed by atoms with Crippen LogP contribution in [0.25, 0.3) is 0 Å². The van der Waals surface area contributed by atoms with Crippen LogP contribution in [0.4, 0.5) is 0 Å². The van der Waals surface area contributed by atoms with E-state index in [9.17, 15) is 5.11 Å². The summed E-state index contributed by atoms with van der Waals surface area (Å²) in [7, 11) is 2.12. The Bertz CT molecular complexity index is 166. The molecular formula is C12H25NO. The van der Waals surface area contributed by atoms with E-state index >= 15 is 0 Å². The summed E-state index contributed by atoms with van der Waals surface area (Å²) in [5.74, 6) is 1.56. The van der Waals surface area contributed by atoms with Gasteiger partial charge in [-0.1, -0.05) is 20.8 Å². The average Bonchev–Trinajstić information content (AvgIpc) is 2.17. The molecule has 1 rings (SSSR count). The Morgan fingerprint density at radius 3 is 2.50 bits per heavy atom. The zero-order chi connectivity index (χ0) is 10.7. The molecule has 1 aliphatic rings. The van der Waals surface area contributed by atoms with Gasteiger partial charge >= 0.3 is 0 Å². The van der Waals surface area contributed by atoms with Crippen molar-refractivity contribution in [2.75, 3.05) is 13.6 Å². The van der Waals surface area contributed by atoms with E-state index in [0.717, 1.165) is 24.8 Å². The van der Waals surface area contributed by atoms with Gasteiger partial charge < -0.3 is 10.0 Å². The first kappa shape index (κ1) is 12.0. The van der Waals surface area contributed by atoms with Crippen LogP contribution in [0.2, 0.25) is 0 Å². The molecule has 2 heteroatoms. The molecule has 0 bridgehead atoms. The zero-order valence-corrected chi connectivity index (χ0v) is 10.0. The van der Waals surface area contributed by atoms with Crippen molar-refractivity contribution in [3.05, 3.63) is 0 Å². The molecule has 0 spiro atoms. The van der Waals surface area contributed by atoms with Gasteiger partial charge in [-0.05, 0) is 44.7 Å². The summed E-state index contributed by atoms with van der Waals surface area (Å²) in [6.07, 6.45) is 3.25. The van der Waals surface area contributed by atoms with Crippen LogP contribution in [0.1, 0.15) is 40.0 Å². The van der Waals surface area contributed by atoms with Gasteiger partial charge in [-0.25, -0.2) is 0 Å².